The molecule has 146 valence electrons. The summed E-state index contributed by atoms with van der Waals surface area (Å²) in [5.41, 5.74) is 2.79. The Kier molecular flexibility index (Phi) is 5.18. The number of ether oxygens (including phenoxy) is 1. The minimum absolute atomic E-state index is 0.259. The largest absolute Gasteiger partial charge is 0.456 e. The number of hydrogen-bond donors (Lipinski definition) is 0. The Labute approximate surface area is 162 Å². The summed E-state index contributed by atoms with van der Waals surface area (Å²) < 4.78 is 7.12. The maximum atomic E-state index is 12.5. The van der Waals surface area contributed by atoms with Crippen molar-refractivity contribution in [3.63, 3.8) is 0 Å². The highest BCUT2D eigenvalue weighted by Gasteiger charge is 2.41. The smallest absolute Gasteiger partial charge is 0.329 e. The van der Waals surface area contributed by atoms with Crippen molar-refractivity contribution in [2.45, 2.75) is 40.3 Å². The Hall–Kier alpha value is -3.22. The van der Waals surface area contributed by atoms with Crippen LogP contribution in [0, 0.1) is 13.8 Å². The lowest BCUT2D eigenvalue weighted by Crippen LogP contribution is -2.44. The second-order valence-corrected chi connectivity index (χ2v) is 6.76. The molecule has 2 aromatic rings. The first-order valence-corrected chi connectivity index (χ1v) is 9.11. The van der Waals surface area contributed by atoms with Gasteiger partial charge in [0.25, 0.3) is 11.8 Å². The van der Waals surface area contributed by atoms with Gasteiger partial charge in [-0.3, -0.25) is 19.3 Å². The number of benzene rings is 1. The molecule has 28 heavy (non-hydrogen) atoms. The molecular weight excluding hydrogens is 360 g/mol. The van der Waals surface area contributed by atoms with Gasteiger partial charge in [-0.25, -0.2) is 4.79 Å². The first kappa shape index (κ1) is 19.5. The average molecular weight is 382 g/mol. The van der Waals surface area contributed by atoms with Crippen LogP contribution in [0.15, 0.2) is 30.3 Å². The number of rotatable bonds is 6. The van der Waals surface area contributed by atoms with Crippen LogP contribution in [0.1, 0.15) is 56.3 Å². The predicted molar refractivity (Wildman–Crippen MR) is 101 cm³/mol. The Morgan fingerprint density at radius 3 is 2.14 bits per heavy atom. The molecule has 0 unspecified atom stereocenters. The van der Waals surface area contributed by atoms with Crippen LogP contribution in [-0.2, 0) is 16.1 Å². The van der Waals surface area contributed by atoms with E-state index in [0.717, 1.165) is 22.8 Å². The quantitative estimate of drug-likeness (QED) is 0.435. The number of imide groups is 1. The number of Topliss-reactive ketones (excluding diaryl/α,β-unsaturated/α-hetero) is 1. The van der Waals surface area contributed by atoms with E-state index in [1.54, 1.807) is 30.3 Å². The maximum Gasteiger partial charge on any atom is 0.329 e. The van der Waals surface area contributed by atoms with E-state index >= 15 is 0 Å². The third kappa shape index (κ3) is 3.13. The second kappa shape index (κ2) is 7.42. The average Bonchev–Trinajstić information content (AvgIpc) is 3.12. The molecule has 7 heteroatoms. The van der Waals surface area contributed by atoms with Gasteiger partial charge in [-0.2, -0.15) is 0 Å². The summed E-state index contributed by atoms with van der Waals surface area (Å²) in [5, 5.41) is 0. The fourth-order valence-corrected chi connectivity index (χ4v) is 3.57. The third-order valence-electron chi connectivity index (χ3n) is 5.09. The summed E-state index contributed by atoms with van der Waals surface area (Å²) in [4.78, 5) is 50.7. The number of aryl methyl sites for hydroxylation is 1. The van der Waals surface area contributed by atoms with Crippen LogP contribution in [0.5, 0.6) is 0 Å². The molecule has 2 amide bonds. The Morgan fingerprint density at radius 1 is 1.07 bits per heavy atom. The summed E-state index contributed by atoms with van der Waals surface area (Å²) >= 11 is 0. The van der Waals surface area contributed by atoms with Crippen molar-refractivity contribution in [3.8, 4) is 0 Å². The molecule has 1 aliphatic rings. The summed E-state index contributed by atoms with van der Waals surface area (Å²) in [6, 6.07) is 7.04. The number of fused-ring (bicyclic) bond motifs is 1. The van der Waals surface area contributed by atoms with Gasteiger partial charge in [-0.05, 0) is 45.9 Å². The summed E-state index contributed by atoms with van der Waals surface area (Å²) in [6.45, 7) is 7.44. The highest BCUT2D eigenvalue weighted by molar-refractivity contribution is 6.22. The predicted octanol–water partition coefficient (Wildman–Crippen LogP) is 2.54. The van der Waals surface area contributed by atoms with Gasteiger partial charge in [0, 0.05) is 23.5 Å². The molecule has 0 aliphatic carbocycles. The number of ketones is 1. The Balaban J connectivity index is 1.68. The van der Waals surface area contributed by atoms with E-state index in [1.807, 2.05) is 25.3 Å². The van der Waals surface area contributed by atoms with E-state index in [1.165, 1.54) is 6.92 Å². The fourth-order valence-electron chi connectivity index (χ4n) is 3.57. The van der Waals surface area contributed by atoms with Gasteiger partial charge in [0.2, 0.25) is 5.78 Å². The number of aromatic nitrogens is 1. The minimum atomic E-state index is -1.12. The standard InChI is InChI=1S/C21H22N2O5/c1-5-22-12(2)10-17(13(22)3)18(24)11-28-21(27)14(4)23-19(25)15-8-6-7-9-16(15)20(23)26/h6-10,14H,5,11H2,1-4H3/t14-/m1/s1. The lowest BCUT2D eigenvalue weighted by molar-refractivity contribution is -0.146. The number of carbonyl (C=O) groups is 4. The van der Waals surface area contributed by atoms with Gasteiger partial charge in [0.05, 0.1) is 11.1 Å². The van der Waals surface area contributed by atoms with Crippen LogP contribution in [-0.4, -0.2) is 45.7 Å². The van der Waals surface area contributed by atoms with Crippen LogP contribution in [0.2, 0.25) is 0 Å². The van der Waals surface area contributed by atoms with Crippen molar-refractivity contribution in [1.82, 2.24) is 9.47 Å². The van der Waals surface area contributed by atoms with Gasteiger partial charge in [0.1, 0.15) is 6.04 Å². The molecule has 2 heterocycles. The normalized spacial score (nSPS) is 14.2. The van der Waals surface area contributed by atoms with Crippen molar-refractivity contribution in [1.29, 1.82) is 0 Å². The molecule has 0 spiro atoms. The van der Waals surface area contributed by atoms with E-state index < -0.39 is 30.4 Å². The van der Waals surface area contributed by atoms with Crippen molar-refractivity contribution >= 4 is 23.6 Å². The molecule has 1 aliphatic heterocycles. The third-order valence-corrected chi connectivity index (χ3v) is 5.09. The minimum Gasteiger partial charge on any atom is -0.456 e. The number of carbonyl (C=O) groups excluding carboxylic acids is 4. The molecule has 0 saturated carbocycles. The molecule has 0 N–H and O–H groups in total. The van der Waals surface area contributed by atoms with E-state index in [0.29, 0.717) is 5.56 Å². The van der Waals surface area contributed by atoms with E-state index in [9.17, 15) is 19.2 Å². The fraction of sp³-hybridized carbons (Fsp3) is 0.333. The molecule has 1 aromatic carbocycles. The number of amides is 2. The SMILES string of the molecule is CCn1c(C)cc(C(=O)COC(=O)[C@@H](C)N2C(=O)c3ccccc3C2=O)c1C. The zero-order chi connectivity index (χ0) is 20.6. The molecule has 1 atom stereocenters. The zero-order valence-corrected chi connectivity index (χ0v) is 16.3. The Bertz CT molecular complexity index is 954. The summed E-state index contributed by atoms with van der Waals surface area (Å²) in [5.74, 6) is -2.20. The topological polar surface area (TPSA) is 85.7 Å². The molecule has 0 bridgehead atoms. The van der Waals surface area contributed by atoms with Crippen molar-refractivity contribution < 1.29 is 23.9 Å². The Morgan fingerprint density at radius 2 is 1.64 bits per heavy atom. The first-order valence-electron chi connectivity index (χ1n) is 9.11. The van der Waals surface area contributed by atoms with Crippen molar-refractivity contribution in [3.05, 3.63) is 58.4 Å². The number of esters is 1. The number of hydrogen-bond acceptors (Lipinski definition) is 5. The monoisotopic (exact) mass is 382 g/mol. The van der Waals surface area contributed by atoms with Crippen LogP contribution in [0.25, 0.3) is 0 Å². The van der Waals surface area contributed by atoms with Gasteiger partial charge in [-0.15, -0.1) is 0 Å². The molecule has 7 nitrogen and oxygen atoms in total. The maximum absolute atomic E-state index is 12.5. The van der Waals surface area contributed by atoms with Crippen LogP contribution < -0.4 is 0 Å². The summed E-state index contributed by atoms with van der Waals surface area (Å²) in [6.07, 6.45) is 0. The molecule has 0 radical (unpaired) electrons. The highest BCUT2D eigenvalue weighted by Crippen LogP contribution is 2.25. The van der Waals surface area contributed by atoms with Crippen molar-refractivity contribution in [2.24, 2.45) is 0 Å². The van der Waals surface area contributed by atoms with Crippen LogP contribution >= 0.6 is 0 Å². The lowest BCUT2D eigenvalue weighted by Gasteiger charge is -2.20. The molecular formula is C21H22N2O5. The van der Waals surface area contributed by atoms with Crippen molar-refractivity contribution in [2.75, 3.05) is 6.61 Å². The van der Waals surface area contributed by atoms with Gasteiger partial charge in [0.15, 0.2) is 6.61 Å². The first-order chi connectivity index (χ1) is 13.3. The van der Waals surface area contributed by atoms with Gasteiger partial charge < -0.3 is 9.30 Å². The second-order valence-electron chi connectivity index (χ2n) is 6.76. The summed E-state index contributed by atoms with van der Waals surface area (Å²) in [7, 11) is 0. The molecule has 1 aromatic heterocycles. The van der Waals surface area contributed by atoms with Crippen LogP contribution in [0.3, 0.4) is 0 Å². The lowest BCUT2D eigenvalue weighted by atomic mass is 10.1. The van der Waals surface area contributed by atoms with E-state index in [-0.39, 0.29) is 16.9 Å². The molecule has 3 rings (SSSR count). The highest BCUT2D eigenvalue weighted by atomic mass is 16.5. The van der Waals surface area contributed by atoms with Gasteiger partial charge in [-0.1, -0.05) is 12.1 Å². The van der Waals surface area contributed by atoms with Gasteiger partial charge >= 0.3 is 5.97 Å². The molecule has 0 saturated heterocycles. The number of nitrogens with zero attached hydrogens (tertiary/aromatic N) is 2. The van der Waals surface area contributed by atoms with Crippen LogP contribution in [0.4, 0.5) is 0 Å². The molecule has 0 fully saturated rings. The van der Waals surface area contributed by atoms with E-state index in [2.05, 4.69) is 0 Å². The zero-order valence-electron chi connectivity index (χ0n) is 16.3. The van der Waals surface area contributed by atoms with E-state index in [4.69, 9.17) is 4.74 Å².